The highest BCUT2D eigenvalue weighted by atomic mass is 15.0. The van der Waals surface area contributed by atoms with Crippen molar-refractivity contribution in [3.8, 4) is 6.07 Å². The molecule has 0 aliphatic heterocycles. The molecule has 2 aromatic rings. The molecule has 4 nitrogen and oxygen atoms in total. The van der Waals surface area contributed by atoms with Crippen LogP contribution in [-0.2, 0) is 6.54 Å². The minimum Gasteiger partial charge on any atom is -0.365 e. The number of hydrogen-bond donors (Lipinski definition) is 1. The number of anilines is 1. The average molecular weight is 224 g/mol. The standard InChI is InChI=1S/C13H12N4/c1-10-8-15-6-4-12(10)9-17-13-11(7-14)3-2-5-16-13/h2-6,8H,9H2,1H3,(H,16,17). The van der Waals surface area contributed by atoms with Gasteiger partial charge in [0.25, 0.3) is 0 Å². The van der Waals surface area contributed by atoms with E-state index in [0.29, 0.717) is 17.9 Å². The Bertz CT molecular complexity index is 557. The second kappa shape index (κ2) is 5.08. The Hall–Kier alpha value is -2.41. The van der Waals surface area contributed by atoms with Crippen molar-refractivity contribution in [2.24, 2.45) is 0 Å². The first kappa shape index (κ1) is 11.1. The quantitative estimate of drug-likeness (QED) is 0.868. The van der Waals surface area contributed by atoms with Gasteiger partial charge in [0.1, 0.15) is 11.9 Å². The molecular formula is C13H12N4. The van der Waals surface area contributed by atoms with E-state index in [0.717, 1.165) is 11.1 Å². The molecule has 2 rings (SSSR count). The molecule has 0 spiro atoms. The van der Waals surface area contributed by atoms with E-state index < -0.39 is 0 Å². The molecule has 2 aromatic heterocycles. The zero-order valence-electron chi connectivity index (χ0n) is 9.51. The largest absolute Gasteiger partial charge is 0.365 e. The summed E-state index contributed by atoms with van der Waals surface area (Å²) in [6.45, 7) is 2.65. The lowest BCUT2D eigenvalue weighted by Crippen LogP contribution is -2.04. The minimum atomic E-state index is 0.555. The number of aryl methyl sites for hydroxylation is 1. The zero-order valence-corrected chi connectivity index (χ0v) is 9.51. The first-order chi connectivity index (χ1) is 8.31. The van der Waals surface area contributed by atoms with Crippen molar-refractivity contribution in [3.05, 3.63) is 53.5 Å². The van der Waals surface area contributed by atoms with Gasteiger partial charge in [-0.2, -0.15) is 5.26 Å². The predicted molar refractivity (Wildman–Crippen MR) is 65.3 cm³/mol. The third-order valence-corrected chi connectivity index (χ3v) is 2.51. The van der Waals surface area contributed by atoms with Crippen molar-refractivity contribution in [1.29, 1.82) is 5.26 Å². The second-order valence-corrected chi connectivity index (χ2v) is 3.67. The molecule has 4 heteroatoms. The van der Waals surface area contributed by atoms with Crippen LogP contribution in [0.4, 0.5) is 5.82 Å². The topological polar surface area (TPSA) is 61.6 Å². The molecule has 0 aliphatic carbocycles. The van der Waals surface area contributed by atoms with Gasteiger partial charge in [0.2, 0.25) is 0 Å². The molecule has 2 heterocycles. The Morgan fingerprint density at radius 1 is 1.35 bits per heavy atom. The Morgan fingerprint density at radius 3 is 3.00 bits per heavy atom. The Morgan fingerprint density at radius 2 is 2.24 bits per heavy atom. The van der Waals surface area contributed by atoms with Crippen LogP contribution in [-0.4, -0.2) is 9.97 Å². The summed E-state index contributed by atoms with van der Waals surface area (Å²) in [5, 5.41) is 12.1. The highest BCUT2D eigenvalue weighted by Crippen LogP contribution is 2.12. The average Bonchev–Trinajstić information content (AvgIpc) is 2.38. The van der Waals surface area contributed by atoms with Crippen molar-refractivity contribution < 1.29 is 0 Å². The summed E-state index contributed by atoms with van der Waals surface area (Å²) in [5.74, 6) is 0.617. The third-order valence-electron chi connectivity index (χ3n) is 2.51. The molecule has 0 radical (unpaired) electrons. The zero-order chi connectivity index (χ0) is 12.1. The molecule has 0 saturated heterocycles. The fraction of sp³-hybridized carbons (Fsp3) is 0.154. The minimum absolute atomic E-state index is 0.555. The van der Waals surface area contributed by atoms with Crippen molar-refractivity contribution in [2.75, 3.05) is 5.32 Å². The van der Waals surface area contributed by atoms with Crippen LogP contribution >= 0.6 is 0 Å². The van der Waals surface area contributed by atoms with Crippen LogP contribution < -0.4 is 5.32 Å². The molecule has 0 fully saturated rings. The monoisotopic (exact) mass is 224 g/mol. The van der Waals surface area contributed by atoms with Gasteiger partial charge in [0.05, 0.1) is 5.56 Å². The summed E-state index contributed by atoms with van der Waals surface area (Å²) in [5.41, 5.74) is 2.82. The number of aromatic nitrogens is 2. The number of rotatable bonds is 3. The number of nitrogens with one attached hydrogen (secondary N) is 1. The second-order valence-electron chi connectivity index (χ2n) is 3.67. The van der Waals surface area contributed by atoms with E-state index in [1.165, 1.54) is 0 Å². The number of pyridine rings is 2. The van der Waals surface area contributed by atoms with Crippen LogP contribution in [0.5, 0.6) is 0 Å². The Kier molecular flexibility index (Phi) is 3.31. The fourth-order valence-electron chi connectivity index (χ4n) is 1.52. The lowest BCUT2D eigenvalue weighted by Gasteiger charge is -2.08. The summed E-state index contributed by atoms with van der Waals surface area (Å²) in [6.07, 6.45) is 5.25. The molecule has 0 bridgehead atoms. The molecule has 17 heavy (non-hydrogen) atoms. The van der Waals surface area contributed by atoms with Crippen LogP contribution in [0.25, 0.3) is 0 Å². The van der Waals surface area contributed by atoms with Crippen LogP contribution in [0.15, 0.2) is 36.8 Å². The van der Waals surface area contributed by atoms with E-state index in [1.807, 2.05) is 19.2 Å². The Balaban J connectivity index is 2.13. The fourth-order valence-corrected chi connectivity index (χ4v) is 1.52. The van der Waals surface area contributed by atoms with Gasteiger partial charge < -0.3 is 5.32 Å². The summed E-state index contributed by atoms with van der Waals surface area (Å²) in [4.78, 5) is 8.18. The first-order valence-electron chi connectivity index (χ1n) is 5.29. The van der Waals surface area contributed by atoms with Crippen LogP contribution in [0.2, 0.25) is 0 Å². The van der Waals surface area contributed by atoms with E-state index in [-0.39, 0.29) is 0 Å². The van der Waals surface area contributed by atoms with E-state index in [2.05, 4.69) is 21.4 Å². The maximum atomic E-state index is 8.93. The van der Waals surface area contributed by atoms with Gasteiger partial charge in [0.15, 0.2) is 0 Å². The van der Waals surface area contributed by atoms with E-state index >= 15 is 0 Å². The smallest absolute Gasteiger partial charge is 0.144 e. The maximum absolute atomic E-state index is 8.93. The van der Waals surface area contributed by atoms with E-state index in [9.17, 15) is 0 Å². The summed E-state index contributed by atoms with van der Waals surface area (Å²) < 4.78 is 0. The number of nitrogens with zero attached hydrogens (tertiary/aromatic N) is 3. The number of nitriles is 1. The van der Waals surface area contributed by atoms with Gasteiger partial charge in [-0.05, 0) is 36.2 Å². The molecule has 0 amide bonds. The van der Waals surface area contributed by atoms with Crippen molar-refractivity contribution in [1.82, 2.24) is 9.97 Å². The molecule has 0 unspecified atom stereocenters. The van der Waals surface area contributed by atoms with Crippen molar-refractivity contribution in [2.45, 2.75) is 13.5 Å². The Labute approximate surface area is 100.0 Å². The van der Waals surface area contributed by atoms with Gasteiger partial charge in [0, 0.05) is 25.1 Å². The lowest BCUT2D eigenvalue weighted by molar-refractivity contribution is 1.07. The van der Waals surface area contributed by atoms with Crippen LogP contribution in [0, 0.1) is 18.3 Å². The lowest BCUT2D eigenvalue weighted by atomic mass is 10.1. The van der Waals surface area contributed by atoms with Gasteiger partial charge in [-0.1, -0.05) is 0 Å². The summed E-state index contributed by atoms with van der Waals surface area (Å²) >= 11 is 0. The normalized spacial score (nSPS) is 9.65. The van der Waals surface area contributed by atoms with Crippen molar-refractivity contribution in [3.63, 3.8) is 0 Å². The maximum Gasteiger partial charge on any atom is 0.144 e. The SMILES string of the molecule is Cc1cnccc1CNc1ncccc1C#N. The highest BCUT2D eigenvalue weighted by Gasteiger charge is 2.02. The van der Waals surface area contributed by atoms with E-state index in [4.69, 9.17) is 5.26 Å². The molecule has 0 aliphatic rings. The molecular weight excluding hydrogens is 212 g/mol. The summed E-state index contributed by atoms with van der Waals surface area (Å²) in [7, 11) is 0. The van der Waals surface area contributed by atoms with Gasteiger partial charge in [-0.25, -0.2) is 4.98 Å². The molecule has 0 atom stereocenters. The van der Waals surface area contributed by atoms with Crippen LogP contribution in [0.3, 0.4) is 0 Å². The van der Waals surface area contributed by atoms with Gasteiger partial charge in [-0.3, -0.25) is 4.98 Å². The first-order valence-corrected chi connectivity index (χ1v) is 5.29. The molecule has 0 saturated carbocycles. The number of hydrogen-bond acceptors (Lipinski definition) is 4. The molecule has 1 N–H and O–H groups in total. The van der Waals surface area contributed by atoms with Gasteiger partial charge >= 0.3 is 0 Å². The van der Waals surface area contributed by atoms with Crippen LogP contribution in [0.1, 0.15) is 16.7 Å². The third kappa shape index (κ3) is 2.58. The van der Waals surface area contributed by atoms with Gasteiger partial charge in [-0.15, -0.1) is 0 Å². The highest BCUT2D eigenvalue weighted by molar-refractivity contribution is 5.51. The predicted octanol–water partition coefficient (Wildman–Crippen LogP) is 2.27. The molecule has 84 valence electrons. The summed E-state index contributed by atoms with van der Waals surface area (Å²) in [6, 6.07) is 7.56. The molecule has 0 aromatic carbocycles. The van der Waals surface area contributed by atoms with Crippen molar-refractivity contribution >= 4 is 5.82 Å². The van der Waals surface area contributed by atoms with E-state index in [1.54, 1.807) is 24.5 Å².